The van der Waals surface area contributed by atoms with E-state index in [-0.39, 0.29) is 12.5 Å². The number of alkyl halides is 3. The van der Waals surface area contributed by atoms with Crippen LogP contribution in [0.15, 0.2) is 24.3 Å². The molecule has 0 heterocycles. The van der Waals surface area contributed by atoms with Crippen LogP contribution in [-0.2, 0) is 17.5 Å². The molecular formula is C15H21F3N2O. The number of carbonyl (C=O) groups excluding carboxylic acids is 1. The van der Waals surface area contributed by atoms with Gasteiger partial charge in [0.25, 0.3) is 0 Å². The lowest BCUT2D eigenvalue weighted by Gasteiger charge is -2.15. The Kier molecular flexibility index (Phi) is 6.68. The van der Waals surface area contributed by atoms with E-state index in [4.69, 9.17) is 0 Å². The summed E-state index contributed by atoms with van der Waals surface area (Å²) in [5, 5.41) is 5.70. The van der Waals surface area contributed by atoms with Crippen LogP contribution in [0, 0.1) is 0 Å². The monoisotopic (exact) mass is 302 g/mol. The van der Waals surface area contributed by atoms with Crippen molar-refractivity contribution in [3.05, 3.63) is 35.4 Å². The van der Waals surface area contributed by atoms with Gasteiger partial charge in [-0.25, -0.2) is 0 Å². The smallest absolute Gasteiger partial charge is 0.355 e. The highest BCUT2D eigenvalue weighted by Gasteiger charge is 2.30. The molecule has 0 aliphatic carbocycles. The molecule has 2 N–H and O–H groups in total. The molecule has 0 bridgehead atoms. The number of rotatable bonds is 7. The van der Waals surface area contributed by atoms with Gasteiger partial charge in [-0.2, -0.15) is 13.2 Å². The maximum atomic E-state index is 12.6. The molecule has 1 rings (SSSR count). The third-order valence-corrected chi connectivity index (χ3v) is 3.09. The van der Waals surface area contributed by atoms with Gasteiger partial charge in [-0.3, -0.25) is 4.79 Å². The maximum Gasteiger partial charge on any atom is 0.416 e. The fourth-order valence-electron chi connectivity index (χ4n) is 1.76. The summed E-state index contributed by atoms with van der Waals surface area (Å²) in [5.41, 5.74) is -0.181. The van der Waals surface area contributed by atoms with Gasteiger partial charge < -0.3 is 10.6 Å². The molecule has 3 nitrogen and oxygen atoms in total. The number of nitrogens with one attached hydrogen (secondary N) is 2. The molecule has 0 aliphatic heterocycles. The summed E-state index contributed by atoms with van der Waals surface area (Å²) in [6, 6.07) is 4.64. The summed E-state index contributed by atoms with van der Waals surface area (Å²) < 4.78 is 37.8. The SMILES string of the molecule is CCCCNC(=O)C(C)NCc1cccc(C(F)(F)F)c1. The van der Waals surface area contributed by atoms with Crippen LogP contribution in [0.2, 0.25) is 0 Å². The zero-order chi connectivity index (χ0) is 15.9. The molecular weight excluding hydrogens is 281 g/mol. The van der Waals surface area contributed by atoms with E-state index < -0.39 is 17.8 Å². The van der Waals surface area contributed by atoms with Crippen LogP contribution in [-0.4, -0.2) is 18.5 Å². The Morgan fingerprint density at radius 2 is 2.05 bits per heavy atom. The number of benzene rings is 1. The summed E-state index contributed by atoms with van der Waals surface area (Å²) in [7, 11) is 0. The van der Waals surface area contributed by atoms with E-state index >= 15 is 0 Å². The predicted molar refractivity (Wildman–Crippen MR) is 75.7 cm³/mol. The second-order valence-electron chi connectivity index (χ2n) is 4.95. The van der Waals surface area contributed by atoms with Crippen molar-refractivity contribution in [2.75, 3.05) is 6.54 Å². The Morgan fingerprint density at radius 3 is 2.67 bits per heavy atom. The van der Waals surface area contributed by atoms with E-state index in [0.717, 1.165) is 25.0 Å². The molecule has 1 aromatic rings. The topological polar surface area (TPSA) is 41.1 Å². The first kappa shape index (κ1) is 17.5. The lowest BCUT2D eigenvalue weighted by molar-refractivity contribution is -0.137. The largest absolute Gasteiger partial charge is 0.416 e. The van der Waals surface area contributed by atoms with E-state index in [2.05, 4.69) is 10.6 Å². The second kappa shape index (κ2) is 8.02. The first-order valence-corrected chi connectivity index (χ1v) is 7.01. The van der Waals surface area contributed by atoms with Crippen LogP contribution in [0.5, 0.6) is 0 Å². The Bertz CT molecular complexity index is 460. The summed E-state index contributed by atoms with van der Waals surface area (Å²) in [6.07, 6.45) is -2.45. The molecule has 1 aromatic carbocycles. The number of carbonyl (C=O) groups is 1. The van der Waals surface area contributed by atoms with Crippen molar-refractivity contribution in [1.29, 1.82) is 0 Å². The van der Waals surface area contributed by atoms with E-state index in [9.17, 15) is 18.0 Å². The second-order valence-corrected chi connectivity index (χ2v) is 4.95. The standard InChI is InChI=1S/C15H21F3N2O/c1-3-4-8-19-14(21)11(2)20-10-12-6-5-7-13(9-12)15(16,17)18/h5-7,9,11,20H,3-4,8,10H2,1-2H3,(H,19,21). The van der Waals surface area contributed by atoms with Crippen LogP contribution >= 0.6 is 0 Å². The molecule has 1 atom stereocenters. The Morgan fingerprint density at radius 1 is 1.33 bits per heavy atom. The highest BCUT2D eigenvalue weighted by Crippen LogP contribution is 2.29. The van der Waals surface area contributed by atoms with Crippen LogP contribution in [0.4, 0.5) is 13.2 Å². The van der Waals surface area contributed by atoms with Crippen molar-refractivity contribution >= 4 is 5.91 Å². The van der Waals surface area contributed by atoms with Gasteiger partial charge in [0.2, 0.25) is 5.91 Å². The molecule has 1 unspecified atom stereocenters. The molecule has 0 fully saturated rings. The molecule has 0 saturated heterocycles. The van der Waals surface area contributed by atoms with E-state index in [1.807, 2.05) is 6.92 Å². The van der Waals surface area contributed by atoms with E-state index in [1.54, 1.807) is 13.0 Å². The maximum absolute atomic E-state index is 12.6. The van der Waals surface area contributed by atoms with Crippen LogP contribution in [0.25, 0.3) is 0 Å². The molecule has 0 radical (unpaired) electrons. The van der Waals surface area contributed by atoms with Gasteiger partial charge in [0.05, 0.1) is 11.6 Å². The van der Waals surface area contributed by atoms with E-state index in [0.29, 0.717) is 12.1 Å². The Labute approximate surface area is 122 Å². The number of hydrogen-bond acceptors (Lipinski definition) is 2. The lowest BCUT2D eigenvalue weighted by Crippen LogP contribution is -2.42. The number of hydrogen-bond donors (Lipinski definition) is 2. The molecule has 118 valence electrons. The number of halogens is 3. The fourth-order valence-corrected chi connectivity index (χ4v) is 1.76. The highest BCUT2D eigenvalue weighted by molar-refractivity contribution is 5.81. The average Bonchev–Trinajstić information content (AvgIpc) is 2.44. The molecule has 1 amide bonds. The van der Waals surface area contributed by atoms with Gasteiger partial charge in [-0.05, 0) is 25.0 Å². The third kappa shape index (κ3) is 6.16. The van der Waals surface area contributed by atoms with Crippen LogP contribution < -0.4 is 10.6 Å². The van der Waals surface area contributed by atoms with Crippen molar-refractivity contribution in [3.8, 4) is 0 Å². The zero-order valence-electron chi connectivity index (χ0n) is 12.3. The quantitative estimate of drug-likeness (QED) is 0.760. The normalized spacial score (nSPS) is 13.0. The molecule has 0 aliphatic rings. The van der Waals surface area contributed by atoms with E-state index in [1.165, 1.54) is 6.07 Å². The van der Waals surface area contributed by atoms with Crippen molar-refractivity contribution in [1.82, 2.24) is 10.6 Å². The Hall–Kier alpha value is -1.56. The molecule has 0 spiro atoms. The zero-order valence-corrected chi connectivity index (χ0v) is 12.3. The summed E-state index contributed by atoms with van der Waals surface area (Å²) in [4.78, 5) is 11.7. The molecule has 0 saturated carbocycles. The Balaban J connectivity index is 2.49. The minimum Gasteiger partial charge on any atom is -0.355 e. The molecule has 0 aromatic heterocycles. The lowest BCUT2D eigenvalue weighted by atomic mass is 10.1. The average molecular weight is 302 g/mol. The predicted octanol–water partition coefficient (Wildman–Crippen LogP) is 3.10. The van der Waals surface area contributed by atoms with Gasteiger partial charge in [0, 0.05) is 13.1 Å². The first-order valence-electron chi connectivity index (χ1n) is 7.01. The summed E-state index contributed by atoms with van der Waals surface area (Å²) >= 11 is 0. The fraction of sp³-hybridized carbons (Fsp3) is 0.533. The van der Waals surface area contributed by atoms with Crippen molar-refractivity contribution in [2.45, 2.75) is 45.5 Å². The summed E-state index contributed by atoms with van der Waals surface area (Å²) in [6.45, 7) is 4.55. The van der Waals surface area contributed by atoms with Gasteiger partial charge >= 0.3 is 6.18 Å². The minimum atomic E-state index is -4.35. The van der Waals surface area contributed by atoms with Crippen molar-refractivity contribution < 1.29 is 18.0 Å². The minimum absolute atomic E-state index is 0.143. The van der Waals surface area contributed by atoms with Crippen LogP contribution in [0.3, 0.4) is 0 Å². The van der Waals surface area contributed by atoms with Gasteiger partial charge in [-0.15, -0.1) is 0 Å². The van der Waals surface area contributed by atoms with Crippen LogP contribution in [0.1, 0.15) is 37.8 Å². The highest BCUT2D eigenvalue weighted by atomic mass is 19.4. The molecule has 21 heavy (non-hydrogen) atoms. The van der Waals surface area contributed by atoms with Gasteiger partial charge in [0.15, 0.2) is 0 Å². The van der Waals surface area contributed by atoms with Crippen molar-refractivity contribution in [2.24, 2.45) is 0 Å². The first-order chi connectivity index (χ1) is 9.84. The number of unbranched alkanes of at least 4 members (excludes halogenated alkanes) is 1. The summed E-state index contributed by atoms with van der Waals surface area (Å²) in [5.74, 6) is -0.143. The van der Waals surface area contributed by atoms with Crippen molar-refractivity contribution in [3.63, 3.8) is 0 Å². The third-order valence-electron chi connectivity index (χ3n) is 3.09. The van der Waals surface area contributed by atoms with Gasteiger partial charge in [0.1, 0.15) is 0 Å². The van der Waals surface area contributed by atoms with Gasteiger partial charge in [-0.1, -0.05) is 31.5 Å². The molecule has 6 heteroatoms. The number of amides is 1.